The van der Waals surface area contributed by atoms with Gasteiger partial charge in [-0.1, -0.05) is 75.2 Å². The molecule has 0 spiro atoms. The summed E-state index contributed by atoms with van der Waals surface area (Å²) in [5.41, 5.74) is 6.51. The van der Waals surface area contributed by atoms with E-state index in [1.807, 2.05) is 37.1 Å². The highest BCUT2D eigenvalue weighted by atomic mass is 16.5. The van der Waals surface area contributed by atoms with Gasteiger partial charge in [-0.15, -0.1) is 0 Å². The lowest BCUT2D eigenvalue weighted by atomic mass is 10.0. The molecule has 7 rings (SSSR count). The van der Waals surface area contributed by atoms with Gasteiger partial charge in [-0.25, -0.2) is 24.7 Å². The van der Waals surface area contributed by atoms with Crippen LogP contribution >= 0.6 is 0 Å². The van der Waals surface area contributed by atoms with E-state index in [0.29, 0.717) is 38.4 Å². The van der Waals surface area contributed by atoms with Gasteiger partial charge in [0.05, 0.1) is 61.1 Å². The number of rotatable bonds is 10. The Morgan fingerprint density at radius 2 is 1.43 bits per heavy atom. The fourth-order valence-corrected chi connectivity index (χ4v) is 7.61. The van der Waals surface area contributed by atoms with Gasteiger partial charge in [0.2, 0.25) is 11.8 Å². The van der Waals surface area contributed by atoms with Crippen molar-refractivity contribution in [2.75, 3.05) is 32.2 Å². The molecule has 2 saturated heterocycles. The molecule has 2 aliphatic rings. The van der Waals surface area contributed by atoms with Crippen molar-refractivity contribution in [2.45, 2.75) is 83.0 Å². The Morgan fingerprint density at radius 1 is 0.793 bits per heavy atom. The van der Waals surface area contributed by atoms with E-state index in [4.69, 9.17) is 14.5 Å². The molecule has 58 heavy (non-hydrogen) atoms. The summed E-state index contributed by atoms with van der Waals surface area (Å²) < 4.78 is 10.6. The average Bonchev–Trinajstić information content (AvgIpc) is 4.05. The van der Waals surface area contributed by atoms with Crippen LogP contribution in [0.15, 0.2) is 79.6 Å². The van der Waals surface area contributed by atoms with Gasteiger partial charge < -0.3 is 40.3 Å². The number of ether oxygens (including phenoxy) is 2. The summed E-state index contributed by atoms with van der Waals surface area (Å²) in [5.74, 6) is 1.23. The minimum absolute atomic E-state index is 0.0437. The number of imidazole rings is 2. The second-order valence-electron chi connectivity index (χ2n) is 15.2. The molecule has 15 heteroatoms. The SMILES string of the molecule is COC(=O)N[C@H]1CCCCCOCC[C@@H](c2ncc(-c3ccc(-c4ccc(-c5cnc([C@@H]6CCCN6C(=O)[C@@H](Nc6cncnc6)C(C)C)[nH]5)cc4)cc3)[nH]2)NC1=O. The minimum Gasteiger partial charge on any atom is -0.453 e. The molecule has 5 aromatic rings. The Balaban J connectivity index is 0.996. The topological polar surface area (TPSA) is 192 Å². The van der Waals surface area contributed by atoms with Crippen molar-refractivity contribution < 1.29 is 23.9 Å². The number of carbonyl (C=O) groups is 3. The van der Waals surface area contributed by atoms with E-state index in [0.717, 1.165) is 77.3 Å². The number of nitrogens with zero attached hydrogens (tertiary/aromatic N) is 5. The molecule has 15 nitrogen and oxygen atoms in total. The maximum atomic E-state index is 13.9. The summed E-state index contributed by atoms with van der Waals surface area (Å²) in [5, 5.41) is 9.08. The second-order valence-corrected chi connectivity index (χ2v) is 15.2. The highest BCUT2D eigenvalue weighted by Crippen LogP contribution is 2.34. The molecule has 2 aliphatic heterocycles. The molecule has 0 radical (unpaired) electrons. The number of aromatic nitrogens is 6. The number of anilines is 1. The lowest BCUT2D eigenvalue weighted by Crippen LogP contribution is -2.48. The van der Waals surface area contributed by atoms with E-state index in [-0.39, 0.29) is 23.8 Å². The largest absolute Gasteiger partial charge is 0.453 e. The van der Waals surface area contributed by atoms with Gasteiger partial charge in [-0.3, -0.25) is 9.59 Å². The number of amides is 3. The first-order valence-corrected chi connectivity index (χ1v) is 20.1. The fraction of sp³-hybridized carbons (Fsp3) is 0.419. The number of alkyl carbamates (subject to hydrolysis) is 1. The molecule has 0 bridgehead atoms. The van der Waals surface area contributed by atoms with Gasteiger partial charge in [0.25, 0.3) is 0 Å². The number of likely N-dealkylation sites (tertiary alicyclic amines) is 1. The van der Waals surface area contributed by atoms with E-state index < -0.39 is 24.2 Å². The van der Waals surface area contributed by atoms with Gasteiger partial charge in [0, 0.05) is 19.8 Å². The highest BCUT2D eigenvalue weighted by Gasteiger charge is 2.37. The fourth-order valence-electron chi connectivity index (χ4n) is 7.61. The van der Waals surface area contributed by atoms with Crippen molar-refractivity contribution in [3.05, 3.63) is 91.3 Å². The molecule has 0 aliphatic carbocycles. The molecule has 2 fully saturated rings. The first kappa shape index (κ1) is 40.1. The monoisotopic (exact) mass is 788 g/mol. The Bertz CT molecular complexity index is 2120. The summed E-state index contributed by atoms with van der Waals surface area (Å²) in [6.07, 6.45) is 13.2. The zero-order valence-electron chi connectivity index (χ0n) is 33.2. The summed E-state index contributed by atoms with van der Waals surface area (Å²) in [6, 6.07) is 14.9. The third-order valence-electron chi connectivity index (χ3n) is 10.9. The van der Waals surface area contributed by atoms with Crippen LogP contribution in [-0.4, -0.2) is 91.7 Å². The average molecular weight is 789 g/mol. The van der Waals surface area contributed by atoms with E-state index in [9.17, 15) is 14.4 Å². The molecule has 0 saturated carbocycles. The van der Waals surface area contributed by atoms with Crippen molar-refractivity contribution in [1.29, 1.82) is 0 Å². The molecule has 5 heterocycles. The quantitative estimate of drug-likeness (QED) is 0.103. The summed E-state index contributed by atoms with van der Waals surface area (Å²) >= 11 is 0. The van der Waals surface area contributed by atoms with Crippen molar-refractivity contribution in [3.63, 3.8) is 0 Å². The van der Waals surface area contributed by atoms with Crippen molar-refractivity contribution >= 4 is 23.6 Å². The first-order valence-electron chi connectivity index (χ1n) is 20.1. The molecule has 3 amide bonds. The Labute approximate surface area is 338 Å². The summed E-state index contributed by atoms with van der Waals surface area (Å²) in [4.78, 5) is 65.5. The molecular weight excluding hydrogens is 737 g/mol. The van der Waals surface area contributed by atoms with Crippen LogP contribution in [0.2, 0.25) is 0 Å². The Kier molecular flexibility index (Phi) is 13.1. The molecule has 0 unspecified atom stereocenters. The van der Waals surface area contributed by atoms with E-state index >= 15 is 0 Å². The molecule has 3 aromatic heterocycles. The lowest BCUT2D eigenvalue weighted by molar-refractivity contribution is -0.134. The van der Waals surface area contributed by atoms with Gasteiger partial charge in [-0.2, -0.15) is 0 Å². The smallest absolute Gasteiger partial charge is 0.407 e. The lowest BCUT2D eigenvalue weighted by Gasteiger charge is -2.30. The minimum atomic E-state index is -0.703. The van der Waals surface area contributed by atoms with Gasteiger partial charge >= 0.3 is 6.09 Å². The van der Waals surface area contributed by atoms with Crippen molar-refractivity contribution in [3.8, 4) is 33.6 Å². The maximum absolute atomic E-state index is 13.9. The number of methoxy groups -OCH3 is 1. The van der Waals surface area contributed by atoms with Gasteiger partial charge in [-0.05, 0) is 60.3 Å². The van der Waals surface area contributed by atoms with Gasteiger partial charge in [0.15, 0.2) is 0 Å². The summed E-state index contributed by atoms with van der Waals surface area (Å²) in [7, 11) is 1.29. The number of H-pyrrole nitrogens is 2. The van der Waals surface area contributed by atoms with E-state index in [1.165, 1.54) is 13.4 Å². The predicted octanol–water partition coefficient (Wildman–Crippen LogP) is 6.59. The van der Waals surface area contributed by atoms with Crippen LogP contribution in [0.25, 0.3) is 33.6 Å². The normalized spacial score (nSPS) is 19.8. The second kappa shape index (κ2) is 18.9. The van der Waals surface area contributed by atoms with Crippen LogP contribution in [-0.2, 0) is 19.1 Å². The van der Waals surface area contributed by atoms with E-state index in [1.54, 1.807) is 18.6 Å². The van der Waals surface area contributed by atoms with Crippen LogP contribution in [0.1, 0.15) is 82.5 Å². The third-order valence-corrected chi connectivity index (χ3v) is 10.9. The van der Waals surface area contributed by atoms with E-state index in [2.05, 4.69) is 77.3 Å². The number of hydrogen-bond acceptors (Lipinski definition) is 10. The number of aromatic amines is 2. The molecule has 2 aromatic carbocycles. The maximum Gasteiger partial charge on any atom is 0.407 e. The Morgan fingerprint density at radius 3 is 2.09 bits per heavy atom. The molecule has 4 atom stereocenters. The summed E-state index contributed by atoms with van der Waals surface area (Å²) in [6.45, 7) is 5.86. The third kappa shape index (κ3) is 9.71. The Hall–Kier alpha value is -6.09. The van der Waals surface area contributed by atoms with Crippen molar-refractivity contribution in [1.82, 2.24) is 45.4 Å². The molecule has 304 valence electrons. The predicted molar refractivity (Wildman–Crippen MR) is 219 cm³/mol. The van der Waals surface area contributed by atoms with Crippen molar-refractivity contribution in [2.24, 2.45) is 5.92 Å². The number of nitrogens with one attached hydrogen (secondary N) is 5. The number of benzene rings is 2. The van der Waals surface area contributed by atoms with Crippen LogP contribution in [0.3, 0.4) is 0 Å². The van der Waals surface area contributed by atoms with Crippen LogP contribution < -0.4 is 16.0 Å². The van der Waals surface area contributed by atoms with Crippen LogP contribution in [0, 0.1) is 5.92 Å². The van der Waals surface area contributed by atoms with Gasteiger partial charge in [0.1, 0.15) is 30.1 Å². The number of hydrogen-bond donors (Lipinski definition) is 5. The first-order chi connectivity index (χ1) is 28.3. The van der Waals surface area contributed by atoms with Crippen LogP contribution in [0.4, 0.5) is 10.5 Å². The zero-order chi connectivity index (χ0) is 40.4. The molecular formula is C43H52N10O5. The highest BCUT2D eigenvalue weighted by molar-refractivity contribution is 5.86. The zero-order valence-corrected chi connectivity index (χ0v) is 33.2. The standard InChI is InChI=1S/C43H52N10O5/c1-27(2)38(48-32-22-44-26-45-23-32)42(55)53-19-7-9-37(53)40-47-25-36(50-40)31-16-12-29(13-17-31)28-10-14-30(15-11-28)35-24-46-39(49-35)33-18-21-58-20-6-4-5-8-34(41(54)51-33)52-43(56)57-3/h10-17,22-27,33-34,37-38,48H,4-9,18-21H2,1-3H3,(H,46,49)(H,47,50)(H,51,54)(H,52,56)/t33-,34-,37-,38-/m0/s1. The van der Waals surface area contributed by atoms with Crippen LogP contribution in [0.5, 0.6) is 0 Å². The molecule has 5 N–H and O–H groups in total. The number of carbonyl (C=O) groups excluding carboxylic acids is 3.